The number of hydrogen-bond acceptors (Lipinski definition) is 2. The molecule has 0 bridgehead atoms. The number of benzene rings is 8. The Labute approximate surface area is 301 Å². The van der Waals surface area contributed by atoms with E-state index in [1.54, 1.807) is 0 Å². The van der Waals surface area contributed by atoms with Crippen molar-refractivity contribution in [2.24, 2.45) is 0 Å². The van der Waals surface area contributed by atoms with Gasteiger partial charge in [0.25, 0.3) is 0 Å². The lowest BCUT2D eigenvalue weighted by molar-refractivity contribution is 0.400. The lowest BCUT2D eigenvalue weighted by atomic mass is 9.61. The van der Waals surface area contributed by atoms with E-state index < -0.39 is 5.41 Å². The molecule has 11 rings (SSSR count). The van der Waals surface area contributed by atoms with Crippen LogP contribution in [0.1, 0.15) is 22.3 Å². The van der Waals surface area contributed by atoms with Crippen molar-refractivity contribution < 1.29 is 9.47 Å². The van der Waals surface area contributed by atoms with Crippen LogP contribution in [0.4, 0.5) is 0 Å². The molecule has 9 aromatic rings. The first-order valence-corrected chi connectivity index (χ1v) is 17.8. The second kappa shape index (κ2) is 11.1. The van der Waals surface area contributed by atoms with Gasteiger partial charge >= 0.3 is 0 Å². The molecule has 2 aliphatic rings. The SMILES string of the molecule is c1ccc(-c2ccc3c(c2)C2(c4ccccc4Oc4ccccc42)c2cccc(-c4cccc5c4c4ccccc4n5-c4ccccc4)c2O3)cc1. The van der Waals surface area contributed by atoms with E-state index in [0.29, 0.717) is 0 Å². The Morgan fingerprint density at radius 3 is 1.77 bits per heavy atom. The lowest BCUT2D eigenvalue weighted by Gasteiger charge is -2.45. The number of nitrogens with zero attached hydrogens (tertiary/aromatic N) is 1. The summed E-state index contributed by atoms with van der Waals surface area (Å²) in [5.74, 6) is 3.40. The van der Waals surface area contributed by atoms with Crippen LogP contribution in [0.15, 0.2) is 188 Å². The summed E-state index contributed by atoms with van der Waals surface area (Å²) < 4.78 is 16.3. The Hall–Kier alpha value is -6.84. The average molecular weight is 666 g/mol. The smallest absolute Gasteiger partial charge is 0.140 e. The summed E-state index contributed by atoms with van der Waals surface area (Å²) in [5, 5.41) is 2.40. The van der Waals surface area contributed by atoms with E-state index in [1.165, 1.54) is 16.3 Å². The normalized spacial score (nSPS) is 13.5. The predicted octanol–water partition coefficient (Wildman–Crippen LogP) is 12.7. The fourth-order valence-electron chi connectivity index (χ4n) is 8.81. The van der Waals surface area contributed by atoms with E-state index in [-0.39, 0.29) is 0 Å². The summed E-state index contributed by atoms with van der Waals surface area (Å²) in [5.41, 5.74) is 11.6. The molecule has 52 heavy (non-hydrogen) atoms. The Morgan fingerprint density at radius 1 is 0.385 bits per heavy atom. The van der Waals surface area contributed by atoms with Gasteiger partial charge in [0.05, 0.1) is 16.4 Å². The number of para-hydroxylation sites is 5. The van der Waals surface area contributed by atoms with Gasteiger partial charge in [-0.2, -0.15) is 0 Å². The predicted molar refractivity (Wildman–Crippen MR) is 210 cm³/mol. The third-order valence-electron chi connectivity index (χ3n) is 10.9. The van der Waals surface area contributed by atoms with Crippen LogP contribution in [0.25, 0.3) is 49.7 Å². The van der Waals surface area contributed by atoms with Crippen molar-refractivity contribution >= 4 is 21.8 Å². The molecule has 2 aliphatic heterocycles. The molecule has 8 aromatic carbocycles. The molecule has 0 N–H and O–H groups in total. The molecular weight excluding hydrogens is 635 g/mol. The fourth-order valence-corrected chi connectivity index (χ4v) is 8.81. The molecule has 1 aromatic heterocycles. The molecule has 0 amide bonds. The van der Waals surface area contributed by atoms with Crippen molar-refractivity contribution in [3.8, 4) is 50.9 Å². The van der Waals surface area contributed by atoms with Gasteiger partial charge in [-0.1, -0.05) is 140 Å². The van der Waals surface area contributed by atoms with Crippen LogP contribution in [0.3, 0.4) is 0 Å². The van der Waals surface area contributed by atoms with E-state index in [0.717, 1.165) is 78.7 Å². The number of rotatable bonds is 3. The van der Waals surface area contributed by atoms with Gasteiger partial charge in [-0.05, 0) is 65.2 Å². The molecule has 244 valence electrons. The summed E-state index contributed by atoms with van der Waals surface area (Å²) in [6.45, 7) is 0. The second-order valence-electron chi connectivity index (χ2n) is 13.6. The van der Waals surface area contributed by atoms with Crippen LogP contribution in [-0.4, -0.2) is 4.57 Å². The molecule has 3 heteroatoms. The van der Waals surface area contributed by atoms with Crippen molar-refractivity contribution in [1.29, 1.82) is 0 Å². The van der Waals surface area contributed by atoms with Gasteiger partial charge in [0, 0.05) is 44.3 Å². The minimum absolute atomic E-state index is 0.707. The Bertz CT molecular complexity index is 2810. The Kier molecular flexibility index (Phi) is 6.17. The molecule has 0 saturated heterocycles. The molecule has 1 spiro atoms. The molecule has 0 unspecified atom stereocenters. The van der Waals surface area contributed by atoms with E-state index in [1.807, 2.05) is 0 Å². The third-order valence-corrected chi connectivity index (χ3v) is 10.9. The van der Waals surface area contributed by atoms with Crippen LogP contribution >= 0.6 is 0 Å². The fraction of sp³-hybridized carbons (Fsp3) is 0.0204. The largest absolute Gasteiger partial charge is 0.457 e. The summed E-state index contributed by atoms with van der Waals surface area (Å²) in [6, 6.07) is 66.9. The maximum atomic E-state index is 7.22. The molecular formula is C49H31NO2. The quantitative estimate of drug-likeness (QED) is 0.187. The number of fused-ring (bicyclic) bond motifs is 11. The first kappa shape index (κ1) is 28.9. The standard InChI is InChI=1S/C49H31NO2/c1-3-15-32(16-4-1)33-29-30-46-41(31-33)49(38-22-8-11-27-44(38)51-45-28-12-9-23-39(45)49)40-24-13-21-36(48(40)52-46)35-20-14-26-43-47(35)37-19-7-10-25-42(37)50(43)34-17-5-2-6-18-34/h1-31H. The van der Waals surface area contributed by atoms with E-state index in [4.69, 9.17) is 9.47 Å². The van der Waals surface area contributed by atoms with Gasteiger partial charge in [-0.3, -0.25) is 0 Å². The molecule has 3 heterocycles. The molecule has 0 atom stereocenters. The summed E-state index contributed by atoms with van der Waals surface area (Å²) in [4.78, 5) is 0. The zero-order chi connectivity index (χ0) is 34.2. The molecule has 3 nitrogen and oxygen atoms in total. The highest BCUT2D eigenvalue weighted by atomic mass is 16.5. The van der Waals surface area contributed by atoms with E-state index in [2.05, 4.69) is 193 Å². The Balaban J connectivity index is 1.25. The summed E-state index contributed by atoms with van der Waals surface area (Å²) in [7, 11) is 0. The van der Waals surface area contributed by atoms with Gasteiger partial charge in [0.2, 0.25) is 0 Å². The van der Waals surface area contributed by atoms with Gasteiger partial charge in [0.1, 0.15) is 23.0 Å². The van der Waals surface area contributed by atoms with Crippen LogP contribution in [0.2, 0.25) is 0 Å². The summed E-state index contributed by atoms with van der Waals surface area (Å²) in [6.07, 6.45) is 0. The van der Waals surface area contributed by atoms with E-state index in [9.17, 15) is 0 Å². The van der Waals surface area contributed by atoms with Gasteiger partial charge in [-0.25, -0.2) is 0 Å². The Morgan fingerprint density at radius 2 is 0.981 bits per heavy atom. The highest BCUT2D eigenvalue weighted by molar-refractivity contribution is 6.16. The van der Waals surface area contributed by atoms with Crippen molar-refractivity contribution in [1.82, 2.24) is 4.57 Å². The van der Waals surface area contributed by atoms with Crippen LogP contribution < -0.4 is 9.47 Å². The topological polar surface area (TPSA) is 23.4 Å². The van der Waals surface area contributed by atoms with Gasteiger partial charge < -0.3 is 14.0 Å². The maximum Gasteiger partial charge on any atom is 0.140 e. The van der Waals surface area contributed by atoms with Crippen LogP contribution in [0.5, 0.6) is 23.0 Å². The van der Waals surface area contributed by atoms with Crippen molar-refractivity contribution in [2.75, 3.05) is 0 Å². The maximum absolute atomic E-state index is 7.22. The molecule has 0 radical (unpaired) electrons. The van der Waals surface area contributed by atoms with Gasteiger partial charge in [-0.15, -0.1) is 0 Å². The summed E-state index contributed by atoms with van der Waals surface area (Å²) >= 11 is 0. The molecule has 0 fully saturated rings. The first-order valence-electron chi connectivity index (χ1n) is 17.8. The highest BCUT2D eigenvalue weighted by Crippen LogP contribution is 2.63. The van der Waals surface area contributed by atoms with E-state index >= 15 is 0 Å². The van der Waals surface area contributed by atoms with Crippen molar-refractivity contribution in [2.45, 2.75) is 5.41 Å². The zero-order valence-corrected chi connectivity index (χ0v) is 28.2. The second-order valence-corrected chi connectivity index (χ2v) is 13.6. The molecule has 0 aliphatic carbocycles. The lowest BCUT2D eigenvalue weighted by Crippen LogP contribution is -2.37. The number of hydrogen-bond donors (Lipinski definition) is 0. The third kappa shape index (κ3) is 3.96. The minimum Gasteiger partial charge on any atom is -0.457 e. The minimum atomic E-state index is -0.707. The average Bonchev–Trinajstić information content (AvgIpc) is 3.56. The number of ether oxygens (including phenoxy) is 2. The first-order chi connectivity index (χ1) is 25.8. The zero-order valence-electron chi connectivity index (χ0n) is 28.2. The monoisotopic (exact) mass is 665 g/mol. The molecule has 0 saturated carbocycles. The van der Waals surface area contributed by atoms with Crippen molar-refractivity contribution in [3.63, 3.8) is 0 Å². The number of aromatic nitrogens is 1. The van der Waals surface area contributed by atoms with Crippen LogP contribution in [-0.2, 0) is 5.41 Å². The highest BCUT2D eigenvalue weighted by Gasteiger charge is 2.51. The van der Waals surface area contributed by atoms with Gasteiger partial charge in [0.15, 0.2) is 0 Å². The van der Waals surface area contributed by atoms with Crippen LogP contribution in [0, 0.1) is 0 Å². The van der Waals surface area contributed by atoms with Crippen molar-refractivity contribution in [3.05, 3.63) is 210 Å².